The number of nitrogens with one attached hydrogen (secondary N) is 1. The molecule has 1 N–H and O–H groups in total. The fraction of sp³-hybridized carbons (Fsp3) is 0.688. The predicted molar refractivity (Wildman–Crippen MR) is 81.2 cm³/mol. The number of aryl methyl sites for hydroxylation is 1. The van der Waals surface area contributed by atoms with Crippen molar-refractivity contribution >= 4 is 0 Å². The van der Waals surface area contributed by atoms with Crippen molar-refractivity contribution in [1.82, 2.24) is 25.5 Å². The van der Waals surface area contributed by atoms with Gasteiger partial charge in [-0.1, -0.05) is 12.1 Å². The second-order valence-electron chi connectivity index (χ2n) is 6.76. The zero-order valence-electron chi connectivity index (χ0n) is 13.0. The van der Waals surface area contributed by atoms with E-state index in [9.17, 15) is 0 Å². The Balaban J connectivity index is 1.31. The molecule has 118 valence electrons. The molecule has 2 atom stereocenters. The number of nitrogens with zero attached hydrogens (tertiary/aromatic N) is 4. The average molecular weight is 301 g/mol. The summed E-state index contributed by atoms with van der Waals surface area (Å²) in [6.07, 6.45) is 5.85. The highest BCUT2D eigenvalue weighted by molar-refractivity contribution is 5.17. The lowest BCUT2D eigenvalue weighted by Gasteiger charge is -2.20. The van der Waals surface area contributed by atoms with E-state index < -0.39 is 0 Å². The van der Waals surface area contributed by atoms with Crippen molar-refractivity contribution in [1.29, 1.82) is 0 Å². The Hall–Kier alpha value is -1.69. The molecular weight excluding hydrogens is 278 g/mol. The van der Waals surface area contributed by atoms with E-state index in [1.54, 1.807) is 0 Å². The number of furan rings is 1. The molecule has 6 nitrogen and oxygen atoms in total. The van der Waals surface area contributed by atoms with Crippen molar-refractivity contribution in [3.63, 3.8) is 0 Å². The van der Waals surface area contributed by atoms with E-state index >= 15 is 0 Å². The lowest BCUT2D eigenvalue weighted by atomic mass is 10.2. The van der Waals surface area contributed by atoms with Gasteiger partial charge in [-0.05, 0) is 50.3 Å². The summed E-state index contributed by atoms with van der Waals surface area (Å²) in [4.78, 5) is 2.54. The van der Waals surface area contributed by atoms with Crippen LogP contribution in [-0.4, -0.2) is 38.1 Å². The summed E-state index contributed by atoms with van der Waals surface area (Å²) in [5, 5.41) is 14.1. The van der Waals surface area contributed by atoms with Gasteiger partial charge in [-0.2, -0.15) is 5.21 Å². The molecule has 2 aliphatic rings. The van der Waals surface area contributed by atoms with Crippen molar-refractivity contribution in [2.24, 2.45) is 5.92 Å². The molecule has 2 unspecified atom stereocenters. The van der Waals surface area contributed by atoms with E-state index in [4.69, 9.17) is 4.42 Å². The maximum absolute atomic E-state index is 6.06. The molecule has 0 aromatic carbocycles. The Morgan fingerprint density at radius 2 is 2.23 bits per heavy atom. The molecule has 0 radical (unpaired) electrons. The molecule has 0 amide bonds. The zero-order valence-corrected chi connectivity index (χ0v) is 13.0. The fourth-order valence-electron chi connectivity index (χ4n) is 3.16. The molecule has 2 aromatic heterocycles. The quantitative estimate of drug-likeness (QED) is 0.811. The fourth-order valence-corrected chi connectivity index (χ4v) is 3.16. The molecule has 2 saturated carbocycles. The maximum atomic E-state index is 6.06. The molecule has 0 spiro atoms. The molecule has 0 saturated heterocycles. The third-order valence-corrected chi connectivity index (χ3v) is 4.81. The number of aromatic amines is 1. The van der Waals surface area contributed by atoms with Crippen LogP contribution in [0.15, 0.2) is 16.5 Å². The summed E-state index contributed by atoms with van der Waals surface area (Å²) in [5.41, 5.74) is 0. The van der Waals surface area contributed by atoms with E-state index in [0.29, 0.717) is 5.92 Å². The minimum absolute atomic E-state index is 0.668. The van der Waals surface area contributed by atoms with Gasteiger partial charge in [0, 0.05) is 18.4 Å². The third kappa shape index (κ3) is 3.21. The van der Waals surface area contributed by atoms with E-state index in [-0.39, 0.29) is 0 Å². The second-order valence-corrected chi connectivity index (χ2v) is 6.76. The van der Waals surface area contributed by atoms with Gasteiger partial charge < -0.3 is 4.42 Å². The Morgan fingerprint density at radius 3 is 2.91 bits per heavy atom. The number of aromatic nitrogens is 4. The molecule has 0 aliphatic heterocycles. The average Bonchev–Trinajstić information content (AvgIpc) is 3.37. The van der Waals surface area contributed by atoms with E-state index in [0.717, 1.165) is 49.5 Å². The molecule has 4 rings (SSSR count). The number of hydrogen-bond acceptors (Lipinski definition) is 5. The molecule has 0 bridgehead atoms. The van der Waals surface area contributed by atoms with Crippen molar-refractivity contribution < 1.29 is 4.42 Å². The lowest BCUT2D eigenvalue weighted by Crippen LogP contribution is -2.27. The van der Waals surface area contributed by atoms with Gasteiger partial charge in [-0.25, -0.2) is 0 Å². The first-order valence-electron chi connectivity index (χ1n) is 8.34. The topological polar surface area (TPSA) is 70.8 Å². The predicted octanol–water partition coefficient (Wildman–Crippen LogP) is 2.51. The summed E-state index contributed by atoms with van der Waals surface area (Å²) in [6.45, 7) is 4.29. The number of tetrazole rings is 1. The van der Waals surface area contributed by atoms with E-state index in [2.05, 4.69) is 44.6 Å². The second kappa shape index (κ2) is 5.83. The van der Waals surface area contributed by atoms with Gasteiger partial charge in [0.1, 0.15) is 11.5 Å². The van der Waals surface area contributed by atoms with Crippen LogP contribution in [0, 0.1) is 5.92 Å². The minimum Gasteiger partial charge on any atom is -0.464 e. The van der Waals surface area contributed by atoms with Crippen LogP contribution in [0.25, 0.3) is 0 Å². The van der Waals surface area contributed by atoms with Crippen LogP contribution in [-0.2, 0) is 13.0 Å². The highest BCUT2D eigenvalue weighted by atomic mass is 16.3. The minimum atomic E-state index is 0.668. The van der Waals surface area contributed by atoms with Crippen LogP contribution in [0.5, 0.6) is 0 Å². The first-order valence-corrected chi connectivity index (χ1v) is 8.34. The first-order chi connectivity index (χ1) is 10.8. The summed E-state index contributed by atoms with van der Waals surface area (Å²) in [5.74, 6) is 4.57. The van der Waals surface area contributed by atoms with Gasteiger partial charge >= 0.3 is 0 Å². The van der Waals surface area contributed by atoms with Crippen molar-refractivity contribution in [2.45, 2.75) is 57.5 Å². The van der Waals surface area contributed by atoms with Crippen LogP contribution < -0.4 is 0 Å². The van der Waals surface area contributed by atoms with Crippen molar-refractivity contribution in [2.75, 3.05) is 6.54 Å². The summed E-state index contributed by atoms with van der Waals surface area (Å²) in [6, 6.07) is 5.07. The van der Waals surface area contributed by atoms with Gasteiger partial charge in [0.15, 0.2) is 5.82 Å². The number of hydrogen-bond donors (Lipinski definition) is 1. The number of rotatable bonds is 8. The van der Waals surface area contributed by atoms with Gasteiger partial charge in [-0.3, -0.25) is 4.90 Å². The summed E-state index contributed by atoms with van der Waals surface area (Å²) >= 11 is 0. The van der Waals surface area contributed by atoms with Crippen LogP contribution in [0.4, 0.5) is 0 Å². The van der Waals surface area contributed by atoms with E-state index in [1.807, 2.05) is 0 Å². The van der Waals surface area contributed by atoms with Gasteiger partial charge in [0.2, 0.25) is 0 Å². The highest BCUT2D eigenvalue weighted by Gasteiger charge is 2.37. The van der Waals surface area contributed by atoms with E-state index in [1.165, 1.54) is 25.0 Å². The molecule has 2 aromatic rings. The van der Waals surface area contributed by atoms with Gasteiger partial charge in [0.05, 0.1) is 6.54 Å². The van der Waals surface area contributed by atoms with Crippen LogP contribution in [0.1, 0.15) is 55.9 Å². The monoisotopic (exact) mass is 301 g/mol. The SMILES string of the molecule is CC1CC1c1ccc(CN(CCCc2nn[nH]n2)C2CC2)o1. The first kappa shape index (κ1) is 13.9. The molecule has 6 heteroatoms. The molecule has 2 fully saturated rings. The van der Waals surface area contributed by atoms with Gasteiger partial charge in [0.25, 0.3) is 0 Å². The lowest BCUT2D eigenvalue weighted by molar-refractivity contribution is 0.228. The Kier molecular flexibility index (Phi) is 3.70. The zero-order chi connectivity index (χ0) is 14.9. The Labute approximate surface area is 130 Å². The van der Waals surface area contributed by atoms with Crippen LogP contribution in [0.2, 0.25) is 0 Å². The molecular formula is C16H23N5O. The Bertz CT molecular complexity index is 604. The van der Waals surface area contributed by atoms with Crippen LogP contribution >= 0.6 is 0 Å². The molecule has 2 heterocycles. The third-order valence-electron chi connectivity index (χ3n) is 4.81. The van der Waals surface area contributed by atoms with Crippen molar-refractivity contribution in [3.05, 3.63) is 29.5 Å². The number of H-pyrrole nitrogens is 1. The van der Waals surface area contributed by atoms with Crippen molar-refractivity contribution in [3.8, 4) is 0 Å². The maximum Gasteiger partial charge on any atom is 0.174 e. The standard InChI is InChI=1S/C16H23N5O/c1-11-9-14(11)15-7-6-13(22-15)10-21(12-4-5-12)8-2-3-16-17-19-20-18-16/h6-7,11-12,14H,2-5,8-10H2,1H3,(H,17,18,19,20). The van der Waals surface area contributed by atoms with Crippen LogP contribution in [0.3, 0.4) is 0 Å². The smallest absolute Gasteiger partial charge is 0.174 e. The Morgan fingerprint density at radius 1 is 1.36 bits per heavy atom. The summed E-state index contributed by atoms with van der Waals surface area (Å²) in [7, 11) is 0. The molecule has 2 aliphatic carbocycles. The normalized spacial score (nSPS) is 24.1. The van der Waals surface area contributed by atoms with Gasteiger partial charge in [-0.15, -0.1) is 10.2 Å². The summed E-state index contributed by atoms with van der Waals surface area (Å²) < 4.78 is 6.06. The molecule has 22 heavy (non-hydrogen) atoms. The largest absolute Gasteiger partial charge is 0.464 e. The highest BCUT2D eigenvalue weighted by Crippen LogP contribution is 2.47.